The number of carbonyl (C=O) groups is 2. The summed E-state index contributed by atoms with van der Waals surface area (Å²) in [5.74, 6) is -0.155. The molecule has 0 saturated carbocycles. The molecule has 6 nitrogen and oxygen atoms in total. The lowest BCUT2D eigenvalue weighted by molar-refractivity contribution is -0.139. The monoisotopic (exact) mass is 371 g/mol. The number of carbonyl (C=O) groups excluding carboxylic acids is 1. The molecule has 144 valence electrons. The quantitative estimate of drug-likeness (QED) is 0.806. The van der Waals surface area contributed by atoms with E-state index in [9.17, 15) is 14.7 Å². The zero-order valence-electron chi connectivity index (χ0n) is 15.7. The fourth-order valence-corrected chi connectivity index (χ4v) is 3.37. The third-order valence-electron chi connectivity index (χ3n) is 4.99. The van der Waals surface area contributed by atoms with Gasteiger partial charge >= 0.3 is 5.97 Å². The van der Waals surface area contributed by atoms with Crippen molar-refractivity contribution in [1.82, 2.24) is 5.32 Å². The Hall–Kier alpha value is -2.60. The predicted molar refractivity (Wildman–Crippen MR) is 101 cm³/mol. The molecule has 1 aliphatic heterocycles. The van der Waals surface area contributed by atoms with E-state index in [4.69, 9.17) is 9.15 Å². The largest absolute Gasteiger partial charge is 0.481 e. The molecule has 0 unspecified atom stereocenters. The maximum absolute atomic E-state index is 12.7. The number of ether oxygens (including phenoxy) is 1. The average molecular weight is 371 g/mol. The van der Waals surface area contributed by atoms with E-state index < -0.39 is 17.4 Å². The number of carboxylic acids is 1. The second-order valence-electron chi connectivity index (χ2n) is 7.36. The van der Waals surface area contributed by atoms with E-state index in [2.05, 4.69) is 31.3 Å². The maximum Gasteiger partial charge on any atom is 0.305 e. The zero-order chi connectivity index (χ0) is 19.4. The van der Waals surface area contributed by atoms with E-state index in [0.717, 1.165) is 5.56 Å². The van der Waals surface area contributed by atoms with Crippen LogP contribution in [0.5, 0.6) is 0 Å². The van der Waals surface area contributed by atoms with Crippen molar-refractivity contribution >= 4 is 11.9 Å². The van der Waals surface area contributed by atoms with E-state index >= 15 is 0 Å². The first kappa shape index (κ1) is 19.2. The van der Waals surface area contributed by atoms with Crippen LogP contribution in [0, 0.1) is 0 Å². The number of hydrogen-bond donors (Lipinski definition) is 2. The Kier molecular flexibility index (Phi) is 5.65. The fourth-order valence-electron chi connectivity index (χ4n) is 3.37. The molecule has 0 radical (unpaired) electrons. The molecule has 0 atom stereocenters. The van der Waals surface area contributed by atoms with Crippen molar-refractivity contribution in [1.29, 1.82) is 0 Å². The lowest BCUT2D eigenvalue weighted by Crippen LogP contribution is -2.53. The number of aliphatic carboxylic acids is 1. The molecule has 6 heteroatoms. The molecular formula is C21H25NO5. The number of benzene rings is 1. The van der Waals surface area contributed by atoms with Gasteiger partial charge in [-0.3, -0.25) is 9.59 Å². The Bertz CT molecular complexity index is 817. The molecule has 2 N–H and O–H groups in total. The molecule has 0 bridgehead atoms. The zero-order valence-corrected chi connectivity index (χ0v) is 15.7. The molecule has 1 amide bonds. The van der Waals surface area contributed by atoms with Gasteiger partial charge in [0.2, 0.25) is 0 Å². The molecule has 1 aromatic carbocycles. The summed E-state index contributed by atoms with van der Waals surface area (Å²) in [7, 11) is 0. The smallest absolute Gasteiger partial charge is 0.305 e. The van der Waals surface area contributed by atoms with Crippen molar-refractivity contribution in [3.8, 4) is 11.3 Å². The Morgan fingerprint density at radius 1 is 1.19 bits per heavy atom. The molecule has 1 fully saturated rings. The SMILES string of the molecule is CC(C)c1cccc(-c2ccc(C(=O)NC3(CC(=O)O)CCOCC3)o2)c1. The van der Waals surface area contributed by atoms with E-state index in [1.165, 1.54) is 5.56 Å². The Labute approximate surface area is 158 Å². The molecule has 0 aliphatic carbocycles. The van der Waals surface area contributed by atoms with Gasteiger partial charge in [0.05, 0.1) is 12.0 Å². The lowest BCUT2D eigenvalue weighted by atomic mass is 9.86. The first-order valence-corrected chi connectivity index (χ1v) is 9.21. The van der Waals surface area contributed by atoms with Crippen LogP contribution in [0.25, 0.3) is 11.3 Å². The van der Waals surface area contributed by atoms with Gasteiger partial charge < -0.3 is 19.6 Å². The maximum atomic E-state index is 12.7. The number of furan rings is 1. The average Bonchev–Trinajstić information content (AvgIpc) is 3.12. The third-order valence-corrected chi connectivity index (χ3v) is 4.99. The minimum atomic E-state index is -0.942. The number of rotatable bonds is 6. The summed E-state index contributed by atoms with van der Waals surface area (Å²) in [6.07, 6.45) is 0.802. The van der Waals surface area contributed by atoms with Crippen LogP contribution in [-0.2, 0) is 9.53 Å². The summed E-state index contributed by atoms with van der Waals surface area (Å²) >= 11 is 0. The van der Waals surface area contributed by atoms with Crippen LogP contribution in [0.15, 0.2) is 40.8 Å². The van der Waals surface area contributed by atoms with Crippen LogP contribution in [0.1, 0.15) is 55.1 Å². The molecule has 3 rings (SSSR count). The van der Waals surface area contributed by atoms with E-state index in [1.807, 2.05) is 12.1 Å². The molecule has 1 aromatic heterocycles. The minimum Gasteiger partial charge on any atom is -0.481 e. The Morgan fingerprint density at radius 3 is 2.59 bits per heavy atom. The van der Waals surface area contributed by atoms with Crippen molar-refractivity contribution in [2.75, 3.05) is 13.2 Å². The van der Waals surface area contributed by atoms with Gasteiger partial charge in [0.25, 0.3) is 5.91 Å². The standard InChI is InChI=1S/C21H25NO5/c1-14(2)15-4-3-5-16(12-15)17-6-7-18(27-17)20(25)22-21(13-19(23)24)8-10-26-11-9-21/h3-7,12,14H,8-11,13H2,1-2H3,(H,22,25)(H,23,24). The first-order chi connectivity index (χ1) is 12.9. The van der Waals surface area contributed by atoms with Crippen LogP contribution in [-0.4, -0.2) is 35.7 Å². The highest BCUT2D eigenvalue weighted by molar-refractivity contribution is 5.93. The van der Waals surface area contributed by atoms with Crippen LogP contribution < -0.4 is 5.32 Å². The lowest BCUT2D eigenvalue weighted by Gasteiger charge is -2.36. The van der Waals surface area contributed by atoms with Crippen LogP contribution in [0.2, 0.25) is 0 Å². The van der Waals surface area contributed by atoms with Gasteiger partial charge in [-0.25, -0.2) is 0 Å². The molecule has 2 heterocycles. The van der Waals surface area contributed by atoms with Crippen molar-refractivity contribution in [2.45, 2.75) is 44.6 Å². The third kappa shape index (κ3) is 4.57. The summed E-state index contributed by atoms with van der Waals surface area (Å²) < 4.78 is 11.1. The number of amides is 1. The number of hydrogen-bond acceptors (Lipinski definition) is 4. The minimum absolute atomic E-state index is 0.133. The molecule has 1 aliphatic rings. The van der Waals surface area contributed by atoms with Crippen molar-refractivity contribution in [3.05, 3.63) is 47.7 Å². The summed E-state index contributed by atoms with van der Waals surface area (Å²) in [4.78, 5) is 23.9. The van der Waals surface area contributed by atoms with Gasteiger partial charge in [0.1, 0.15) is 5.76 Å². The topological polar surface area (TPSA) is 88.8 Å². The second kappa shape index (κ2) is 7.96. The van der Waals surface area contributed by atoms with Gasteiger partial charge in [0, 0.05) is 18.8 Å². The molecule has 0 spiro atoms. The van der Waals surface area contributed by atoms with Gasteiger partial charge in [-0.1, -0.05) is 32.0 Å². The highest BCUT2D eigenvalue weighted by Gasteiger charge is 2.37. The molecule has 27 heavy (non-hydrogen) atoms. The number of nitrogens with one attached hydrogen (secondary N) is 1. The fraction of sp³-hybridized carbons (Fsp3) is 0.429. The van der Waals surface area contributed by atoms with Gasteiger partial charge in [0.15, 0.2) is 5.76 Å². The highest BCUT2D eigenvalue weighted by atomic mass is 16.5. The second-order valence-corrected chi connectivity index (χ2v) is 7.36. The van der Waals surface area contributed by atoms with Crippen molar-refractivity contribution < 1.29 is 23.8 Å². The molecule has 1 saturated heterocycles. The summed E-state index contributed by atoms with van der Waals surface area (Å²) in [5.41, 5.74) is 1.30. The first-order valence-electron chi connectivity index (χ1n) is 9.21. The highest BCUT2D eigenvalue weighted by Crippen LogP contribution is 2.28. The molecule has 2 aromatic rings. The summed E-state index contributed by atoms with van der Waals surface area (Å²) in [6.45, 7) is 5.10. The Morgan fingerprint density at radius 2 is 1.93 bits per heavy atom. The van der Waals surface area contributed by atoms with Crippen LogP contribution >= 0.6 is 0 Å². The number of carboxylic acid groups (broad SMARTS) is 1. The van der Waals surface area contributed by atoms with Crippen molar-refractivity contribution in [3.63, 3.8) is 0 Å². The van der Waals surface area contributed by atoms with Gasteiger partial charge in [-0.05, 0) is 42.5 Å². The summed E-state index contributed by atoms with van der Waals surface area (Å²) in [5, 5.41) is 12.1. The predicted octanol–water partition coefficient (Wildman–Crippen LogP) is 3.82. The Balaban J connectivity index is 1.78. The van der Waals surface area contributed by atoms with Crippen LogP contribution in [0.3, 0.4) is 0 Å². The van der Waals surface area contributed by atoms with Gasteiger partial charge in [-0.2, -0.15) is 0 Å². The van der Waals surface area contributed by atoms with Crippen molar-refractivity contribution in [2.24, 2.45) is 0 Å². The van der Waals surface area contributed by atoms with E-state index in [0.29, 0.717) is 37.7 Å². The van der Waals surface area contributed by atoms with E-state index in [-0.39, 0.29) is 12.2 Å². The molecular weight excluding hydrogens is 346 g/mol. The normalized spacial score (nSPS) is 16.3. The van der Waals surface area contributed by atoms with Gasteiger partial charge in [-0.15, -0.1) is 0 Å². The van der Waals surface area contributed by atoms with Crippen LogP contribution in [0.4, 0.5) is 0 Å². The summed E-state index contributed by atoms with van der Waals surface area (Å²) in [6, 6.07) is 11.4. The van der Waals surface area contributed by atoms with E-state index in [1.54, 1.807) is 12.1 Å².